The van der Waals surface area contributed by atoms with Crippen molar-refractivity contribution in [2.45, 2.75) is 26.1 Å². The Morgan fingerprint density at radius 1 is 1.10 bits per heavy atom. The van der Waals surface area contributed by atoms with Gasteiger partial charge in [-0.1, -0.05) is 59.6 Å². The van der Waals surface area contributed by atoms with Gasteiger partial charge in [0.25, 0.3) is 11.8 Å². The third-order valence-electron chi connectivity index (χ3n) is 5.11. The molecule has 154 valence electrons. The van der Waals surface area contributed by atoms with Gasteiger partial charge in [-0.15, -0.1) is 0 Å². The lowest BCUT2D eigenvalue weighted by Crippen LogP contribution is -2.39. The largest absolute Gasteiger partial charge is 0.344 e. The topological polar surface area (TPSA) is 67.2 Å². The number of carbonyl (C=O) groups is 2. The van der Waals surface area contributed by atoms with Crippen LogP contribution < -0.4 is 5.32 Å². The highest BCUT2D eigenvalue weighted by molar-refractivity contribution is 6.42. The van der Waals surface area contributed by atoms with Crippen molar-refractivity contribution in [3.8, 4) is 0 Å². The normalized spacial score (nSPS) is 14.4. The standard InChI is InChI=1S/C22H20Cl2N4O2/c1-14(16-5-3-2-4-6-16)25-21(29)19-12-20-22(30)27(9-10-28(20)26-19)13-15-7-8-17(23)18(24)11-15/h2-8,11-12,14H,9-10,13H2,1H3,(H,25,29)/t14-/m0/s1. The first-order chi connectivity index (χ1) is 14.4. The van der Waals surface area contributed by atoms with Gasteiger partial charge in [0.15, 0.2) is 5.69 Å². The van der Waals surface area contributed by atoms with E-state index in [9.17, 15) is 9.59 Å². The SMILES string of the molecule is C[C@H](NC(=O)c1cc2n(n1)CCN(Cc1ccc(Cl)c(Cl)c1)C2=O)c1ccccc1. The highest BCUT2D eigenvalue weighted by Crippen LogP contribution is 2.24. The average Bonchev–Trinajstić information content (AvgIpc) is 3.19. The van der Waals surface area contributed by atoms with Gasteiger partial charge in [0.05, 0.1) is 22.6 Å². The summed E-state index contributed by atoms with van der Waals surface area (Å²) in [5, 5.41) is 8.20. The van der Waals surface area contributed by atoms with Crippen LogP contribution >= 0.6 is 23.2 Å². The van der Waals surface area contributed by atoms with Crippen LogP contribution in [0.25, 0.3) is 0 Å². The molecule has 1 aromatic heterocycles. The van der Waals surface area contributed by atoms with E-state index in [0.29, 0.717) is 35.4 Å². The molecule has 0 aliphatic carbocycles. The number of aromatic nitrogens is 2. The minimum absolute atomic E-state index is 0.167. The molecule has 0 saturated heterocycles. The molecule has 0 fully saturated rings. The molecule has 4 rings (SSSR count). The number of hydrogen-bond donors (Lipinski definition) is 1. The van der Waals surface area contributed by atoms with Gasteiger partial charge >= 0.3 is 0 Å². The quantitative estimate of drug-likeness (QED) is 0.638. The van der Waals surface area contributed by atoms with Crippen LogP contribution in [0.1, 0.15) is 45.1 Å². The summed E-state index contributed by atoms with van der Waals surface area (Å²) in [4.78, 5) is 27.3. The maximum Gasteiger partial charge on any atom is 0.272 e. The number of amides is 2. The minimum atomic E-state index is -0.308. The number of nitrogens with one attached hydrogen (secondary N) is 1. The molecule has 1 N–H and O–H groups in total. The van der Waals surface area contributed by atoms with Crippen LogP contribution in [0.3, 0.4) is 0 Å². The van der Waals surface area contributed by atoms with Gasteiger partial charge in [-0.2, -0.15) is 5.10 Å². The number of halogens is 2. The number of hydrogen-bond acceptors (Lipinski definition) is 3. The molecule has 2 amide bonds. The van der Waals surface area contributed by atoms with Crippen LogP contribution in [0.5, 0.6) is 0 Å². The van der Waals surface area contributed by atoms with Crippen LogP contribution in [-0.2, 0) is 13.1 Å². The van der Waals surface area contributed by atoms with Crippen molar-refractivity contribution in [1.82, 2.24) is 20.0 Å². The molecule has 3 aromatic rings. The van der Waals surface area contributed by atoms with Gasteiger partial charge in [-0.05, 0) is 30.2 Å². The van der Waals surface area contributed by atoms with Crippen LogP contribution in [-0.4, -0.2) is 33.0 Å². The predicted octanol–water partition coefficient (Wildman–Crippen LogP) is 4.34. The molecule has 2 heterocycles. The van der Waals surface area contributed by atoms with E-state index in [1.54, 1.807) is 27.8 Å². The molecule has 0 bridgehead atoms. The fraction of sp³-hybridized carbons (Fsp3) is 0.227. The van der Waals surface area contributed by atoms with Gasteiger partial charge in [0, 0.05) is 19.2 Å². The second kappa shape index (κ2) is 8.50. The Labute approximate surface area is 184 Å². The van der Waals surface area contributed by atoms with E-state index in [1.165, 1.54) is 0 Å². The molecule has 0 spiro atoms. The number of benzene rings is 2. The van der Waals surface area contributed by atoms with E-state index >= 15 is 0 Å². The van der Waals surface area contributed by atoms with Crippen LogP contribution in [0.4, 0.5) is 0 Å². The van der Waals surface area contributed by atoms with E-state index in [1.807, 2.05) is 43.3 Å². The molecule has 1 atom stereocenters. The van der Waals surface area contributed by atoms with E-state index in [2.05, 4.69) is 10.4 Å². The number of rotatable bonds is 5. The Bertz CT molecular complexity index is 1100. The maximum atomic E-state index is 12.9. The number of carbonyl (C=O) groups excluding carboxylic acids is 2. The molecule has 30 heavy (non-hydrogen) atoms. The van der Waals surface area contributed by atoms with Crippen molar-refractivity contribution >= 4 is 35.0 Å². The van der Waals surface area contributed by atoms with Gasteiger partial charge in [-0.3, -0.25) is 14.3 Å². The fourth-order valence-corrected chi connectivity index (χ4v) is 3.77. The number of fused-ring (bicyclic) bond motifs is 1. The summed E-state index contributed by atoms with van der Waals surface area (Å²) in [6.07, 6.45) is 0. The van der Waals surface area contributed by atoms with Gasteiger partial charge in [-0.25, -0.2) is 0 Å². The molecule has 0 unspecified atom stereocenters. The second-order valence-electron chi connectivity index (χ2n) is 7.22. The Morgan fingerprint density at radius 2 is 1.87 bits per heavy atom. The molecular weight excluding hydrogens is 423 g/mol. The smallest absolute Gasteiger partial charge is 0.272 e. The Kier molecular flexibility index (Phi) is 5.79. The highest BCUT2D eigenvalue weighted by Gasteiger charge is 2.28. The molecule has 0 saturated carbocycles. The summed E-state index contributed by atoms with van der Waals surface area (Å²) in [7, 11) is 0. The molecule has 1 aliphatic heterocycles. The monoisotopic (exact) mass is 442 g/mol. The molecule has 1 aliphatic rings. The van der Waals surface area contributed by atoms with Crippen LogP contribution in [0.15, 0.2) is 54.6 Å². The van der Waals surface area contributed by atoms with Crippen molar-refractivity contribution in [3.63, 3.8) is 0 Å². The maximum absolute atomic E-state index is 12.9. The van der Waals surface area contributed by atoms with E-state index in [0.717, 1.165) is 11.1 Å². The molecule has 8 heteroatoms. The summed E-state index contributed by atoms with van der Waals surface area (Å²) < 4.78 is 1.59. The minimum Gasteiger partial charge on any atom is -0.344 e. The van der Waals surface area contributed by atoms with Gasteiger partial charge in [0.1, 0.15) is 5.69 Å². The van der Waals surface area contributed by atoms with Crippen molar-refractivity contribution < 1.29 is 9.59 Å². The summed E-state index contributed by atoms with van der Waals surface area (Å²) in [5.41, 5.74) is 2.52. The van der Waals surface area contributed by atoms with Crippen molar-refractivity contribution in [3.05, 3.63) is 87.2 Å². The lowest BCUT2D eigenvalue weighted by Gasteiger charge is -2.27. The lowest BCUT2D eigenvalue weighted by atomic mass is 10.1. The molecule has 2 aromatic carbocycles. The van der Waals surface area contributed by atoms with E-state index in [-0.39, 0.29) is 23.6 Å². The van der Waals surface area contributed by atoms with Gasteiger partial charge < -0.3 is 10.2 Å². The fourth-order valence-electron chi connectivity index (χ4n) is 3.45. The van der Waals surface area contributed by atoms with Crippen LogP contribution in [0.2, 0.25) is 10.0 Å². The summed E-state index contributed by atoms with van der Waals surface area (Å²) >= 11 is 12.0. The molecule has 0 radical (unpaired) electrons. The Hall–Kier alpha value is -2.83. The van der Waals surface area contributed by atoms with Crippen molar-refractivity contribution in [2.24, 2.45) is 0 Å². The Balaban J connectivity index is 1.47. The average molecular weight is 443 g/mol. The first-order valence-electron chi connectivity index (χ1n) is 9.59. The van der Waals surface area contributed by atoms with Crippen molar-refractivity contribution in [1.29, 1.82) is 0 Å². The van der Waals surface area contributed by atoms with Crippen molar-refractivity contribution in [2.75, 3.05) is 6.54 Å². The first-order valence-corrected chi connectivity index (χ1v) is 10.3. The highest BCUT2D eigenvalue weighted by atomic mass is 35.5. The zero-order valence-electron chi connectivity index (χ0n) is 16.3. The summed E-state index contributed by atoms with van der Waals surface area (Å²) in [6.45, 7) is 3.33. The number of nitrogens with zero attached hydrogens (tertiary/aromatic N) is 3. The molecular formula is C22H20Cl2N4O2. The lowest BCUT2D eigenvalue weighted by molar-refractivity contribution is 0.0683. The predicted molar refractivity (Wildman–Crippen MR) is 116 cm³/mol. The Morgan fingerprint density at radius 3 is 2.60 bits per heavy atom. The van der Waals surface area contributed by atoms with Crippen LogP contribution in [0, 0.1) is 0 Å². The summed E-state index contributed by atoms with van der Waals surface area (Å²) in [5.74, 6) is -0.480. The van der Waals surface area contributed by atoms with Gasteiger partial charge in [0.2, 0.25) is 0 Å². The third kappa shape index (κ3) is 4.20. The zero-order valence-corrected chi connectivity index (χ0v) is 17.8. The zero-order chi connectivity index (χ0) is 21.3. The molecule has 6 nitrogen and oxygen atoms in total. The third-order valence-corrected chi connectivity index (χ3v) is 5.84. The summed E-state index contributed by atoms with van der Waals surface area (Å²) in [6, 6.07) is 16.4. The first kappa shape index (κ1) is 20.4. The van der Waals surface area contributed by atoms with E-state index < -0.39 is 0 Å². The second-order valence-corrected chi connectivity index (χ2v) is 8.03. The van der Waals surface area contributed by atoms with E-state index in [4.69, 9.17) is 23.2 Å².